The summed E-state index contributed by atoms with van der Waals surface area (Å²) < 4.78 is 5.17. The first-order chi connectivity index (χ1) is 10.6. The van der Waals surface area contributed by atoms with Crippen molar-refractivity contribution in [1.82, 2.24) is 0 Å². The van der Waals surface area contributed by atoms with E-state index < -0.39 is 5.41 Å². The number of halogens is 1. The maximum Gasteiger partial charge on any atom is 0.235 e. The molecule has 4 heteroatoms. The molecule has 3 nitrogen and oxygen atoms in total. The van der Waals surface area contributed by atoms with Gasteiger partial charge < -0.3 is 10.1 Å². The SMILES string of the molecule is COc1ccc(C2(C(=O)Nc3cccc(Cl)c3C)CC2)cc1. The van der Waals surface area contributed by atoms with Crippen LogP contribution in [0.4, 0.5) is 5.69 Å². The molecule has 0 radical (unpaired) electrons. The third kappa shape index (κ3) is 2.57. The normalized spacial score (nSPS) is 15.2. The zero-order valence-electron chi connectivity index (χ0n) is 12.7. The predicted molar refractivity (Wildman–Crippen MR) is 88.7 cm³/mol. The number of hydrogen-bond donors (Lipinski definition) is 1. The highest BCUT2D eigenvalue weighted by molar-refractivity contribution is 6.31. The van der Waals surface area contributed by atoms with E-state index in [-0.39, 0.29) is 5.91 Å². The maximum absolute atomic E-state index is 12.7. The molecule has 0 atom stereocenters. The molecule has 2 aromatic rings. The van der Waals surface area contributed by atoms with Gasteiger partial charge in [-0.15, -0.1) is 0 Å². The average molecular weight is 316 g/mol. The summed E-state index contributed by atoms with van der Waals surface area (Å²) in [5.41, 5.74) is 2.28. The van der Waals surface area contributed by atoms with Gasteiger partial charge >= 0.3 is 0 Å². The molecule has 0 unspecified atom stereocenters. The maximum atomic E-state index is 12.7. The zero-order chi connectivity index (χ0) is 15.7. The monoisotopic (exact) mass is 315 g/mol. The summed E-state index contributed by atoms with van der Waals surface area (Å²) in [4.78, 5) is 12.7. The third-order valence-corrected chi connectivity index (χ3v) is 4.75. The number of carbonyl (C=O) groups excluding carboxylic acids is 1. The van der Waals surface area contributed by atoms with Gasteiger partial charge in [0.15, 0.2) is 0 Å². The molecule has 0 bridgehead atoms. The lowest BCUT2D eigenvalue weighted by atomic mass is 9.94. The minimum absolute atomic E-state index is 0.0306. The fourth-order valence-corrected chi connectivity index (χ4v) is 2.84. The molecule has 114 valence electrons. The van der Waals surface area contributed by atoms with E-state index in [1.54, 1.807) is 7.11 Å². The van der Waals surface area contributed by atoms with E-state index in [0.717, 1.165) is 35.4 Å². The Bertz CT molecular complexity index is 706. The summed E-state index contributed by atoms with van der Waals surface area (Å²) in [6.45, 7) is 1.91. The Labute approximate surface area is 135 Å². The second kappa shape index (κ2) is 5.65. The molecule has 1 saturated carbocycles. The van der Waals surface area contributed by atoms with Crippen LogP contribution in [0.1, 0.15) is 24.0 Å². The topological polar surface area (TPSA) is 38.3 Å². The van der Waals surface area contributed by atoms with Crippen LogP contribution in [0, 0.1) is 6.92 Å². The minimum Gasteiger partial charge on any atom is -0.497 e. The van der Waals surface area contributed by atoms with E-state index in [1.807, 2.05) is 49.4 Å². The number of carbonyl (C=O) groups is 1. The van der Waals surface area contributed by atoms with Gasteiger partial charge in [-0.3, -0.25) is 4.79 Å². The van der Waals surface area contributed by atoms with Crippen molar-refractivity contribution in [3.8, 4) is 5.75 Å². The van der Waals surface area contributed by atoms with Gasteiger partial charge in [0.25, 0.3) is 0 Å². The fourth-order valence-electron chi connectivity index (χ4n) is 2.67. The Kier molecular flexibility index (Phi) is 3.83. The zero-order valence-corrected chi connectivity index (χ0v) is 13.4. The Morgan fingerprint density at radius 1 is 1.18 bits per heavy atom. The lowest BCUT2D eigenvalue weighted by molar-refractivity contribution is -0.118. The van der Waals surface area contributed by atoms with Crippen LogP contribution in [0.5, 0.6) is 5.75 Å². The number of benzene rings is 2. The van der Waals surface area contributed by atoms with Crippen LogP contribution >= 0.6 is 11.6 Å². The Hall–Kier alpha value is -2.00. The lowest BCUT2D eigenvalue weighted by Gasteiger charge is -2.17. The molecule has 0 saturated heterocycles. The van der Waals surface area contributed by atoms with Gasteiger partial charge in [-0.1, -0.05) is 29.8 Å². The van der Waals surface area contributed by atoms with E-state index in [2.05, 4.69) is 5.32 Å². The summed E-state index contributed by atoms with van der Waals surface area (Å²) >= 11 is 6.11. The van der Waals surface area contributed by atoms with Crippen molar-refractivity contribution >= 4 is 23.2 Å². The highest BCUT2D eigenvalue weighted by Crippen LogP contribution is 2.49. The third-order valence-electron chi connectivity index (χ3n) is 4.34. The number of hydrogen-bond acceptors (Lipinski definition) is 2. The van der Waals surface area contributed by atoms with Crippen LogP contribution < -0.4 is 10.1 Å². The van der Waals surface area contributed by atoms with E-state index in [0.29, 0.717) is 5.02 Å². The van der Waals surface area contributed by atoms with Crippen molar-refractivity contribution in [3.05, 3.63) is 58.6 Å². The molecule has 22 heavy (non-hydrogen) atoms. The van der Waals surface area contributed by atoms with Crippen molar-refractivity contribution in [2.75, 3.05) is 12.4 Å². The molecule has 2 aromatic carbocycles. The van der Waals surface area contributed by atoms with Crippen LogP contribution in [-0.2, 0) is 10.2 Å². The molecule has 0 aromatic heterocycles. The molecule has 1 amide bonds. The van der Waals surface area contributed by atoms with Crippen LogP contribution in [0.3, 0.4) is 0 Å². The van der Waals surface area contributed by atoms with Crippen LogP contribution in [-0.4, -0.2) is 13.0 Å². The summed E-state index contributed by atoms with van der Waals surface area (Å²) in [5, 5.41) is 3.69. The van der Waals surface area contributed by atoms with E-state index in [9.17, 15) is 4.79 Å². The highest BCUT2D eigenvalue weighted by Gasteiger charge is 2.51. The Morgan fingerprint density at radius 3 is 2.45 bits per heavy atom. The van der Waals surface area contributed by atoms with Gasteiger partial charge in [-0.25, -0.2) is 0 Å². The molecule has 0 heterocycles. The molecule has 0 spiro atoms. The van der Waals surface area contributed by atoms with Gasteiger partial charge in [0.2, 0.25) is 5.91 Å². The van der Waals surface area contributed by atoms with Crippen molar-refractivity contribution in [3.63, 3.8) is 0 Å². The Balaban J connectivity index is 1.83. The molecule has 1 aliphatic rings. The van der Waals surface area contributed by atoms with Crippen LogP contribution in [0.2, 0.25) is 5.02 Å². The van der Waals surface area contributed by atoms with Gasteiger partial charge in [-0.05, 0) is 55.2 Å². The quantitative estimate of drug-likeness (QED) is 0.912. The molecule has 1 N–H and O–H groups in total. The standard InChI is InChI=1S/C18H18ClNO2/c1-12-15(19)4-3-5-16(12)20-17(21)18(10-11-18)13-6-8-14(22-2)9-7-13/h3-9H,10-11H2,1-2H3,(H,20,21). The van der Waals surface area contributed by atoms with Crippen molar-refractivity contribution in [2.24, 2.45) is 0 Å². The lowest BCUT2D eigenvalue weighted by Crippen LogP contribution is -2.28. The summed E-state index contributed by atoms with van der Waals surface area (Å²) in [6, 6.07) is 13.3. The number of methoxy groups -OCH3 is 1. The molecular weight excluding hydrogens is 298 g/mol. The van der Waals surface area contributed by atoms with E-state index in [4.69, 9.17) is 16.3 Å². The van der Waals surface area contributed by atoms with Gasteiger partial charge in [0, 0.05) is 10.7 Å². The van der Waals surface area contributed by atoms with E-state index in [1.165, 1.54) is 0 Å². The van der Waals surface area contributed by atoms with Crippen LogP contribution in [0.15, 0.2) is 42.5 Å². The number of ether oxygens (including phenoxy) is 1. The first-order valence-electron chi connectivity index (χ1n) is 7.28. The average Bonchev–Trinajstić information content (AvgIpc) is 3.34. The smallest absolute Gasteiger partial charge is 0.235 e. The van der Waals surface area contributed by atoms with Gasteiger partial charge in [0.05, 0.1) is 12.5 Å². The van der Waals surface area contributed by atoms with Crippen molar-refractivity contribution < 1.29 is 9.53 Å². The first kappa shape index (κ1) is 14.9. The van der Waals surface area contributed by atoms with Gasteiger partial charge in [0.1, 0.15) is 5.75 Å². The van der Waals surface area contributed by atoms with Gasteiger partial charge in [-0.2, -0.15) is 0 Å². The second-order valence-corrected chi connectivity index (χ2v) is 6.08. The van der Waals surface area contributed by atoms with E-state index >= 15 is 0 Å². The molecule has 1 aliphatic carbocycles. The number of anilines is 1. The summed E-state index contributed by atoms with van der Waals surface area (Å²) in [7, 11) is 1.64. The summed E-state index contributed by atoms with van der Waals surface area (Å²) in [5.74, 6) is 0.827. The second-order valence-electron chi connectivity index (χ2n) is 5.68. The number of amides is 1. The predicted octanol–water partition coefficient (Wildman–Crippen LogP) is 4.33. The number of nitrogens with one attached hydrogen (secondary N) is 1. The van der Waals surface area contributed by atoms with Crippen molar-refractivity contribution in [1.29, 1.82) is 0 Å². The molecule has 0 aliphatic heterocycles. The fraction of sp³-hybridized carbons (Fsp3) is 0.278. The minimum atomic E-state index is -0.416. The molecular formula is C18H18ClNO2. The largest absolute Gasteiger partial charge is 0.497 e. The van der Waals surface area contributed by atoms with Crippen molar-refractivity contribution in [2.45, 2.75) is 25.2 Å². The molecule has 3 rings (SSSR count). The molecule has 1 fully saturated rings. The summed E-state index contributed by atoms with van der Waals surface area (Å²) in [6.07, 6.45) is 1.73. The van der Waals surface area contributed by atoms with Crippen LogP contribution in [0.25, 0.3) is 0 Å². The highest BCUT2D eigenvalue weighted by atomic mass is 35.5. The number of rotatable bonds is 4. The Morgan fingerprint density at radius 2 is 1.86 bits per heavy atom. The first-order valence-corrected chi connectivity index (χ1v) is 7.66.